The highest BCUT2D eigenvalue weighted by Gasteiger charge is 2.47. The molecule has 1 aliphatic heterocycles. The summed E-state index contributed by atoms with van der Waals surface area (Å²) in [6.45, 7) is 12.7. The summed E-state index contributed by atoms with van der Waals surface area (Å²) in [6, 6.07) is 18.8. The number of ketones is 1. The minimum atomic E-state index is -0.887. The molecule has 7 heteroatoms. The Balaban J connectivity index is 1.93. The summed E-state index contributed by atoms with van der Waals surface area (Å²) in [5.74, 6) is 0.266. The summed E-state index contributed by atoms with van der Waals surface area (Å²) in [5.41, 5.74) is 2.46. The maximum absolute atomic E-state index is 13.7. The number of benzene rings is 3. The van der Waals surface area contributed by atoms with Crippen molar-refractivity contribution in [2.45, 2.75) is 59.6 Å². The zero-order valence-electron chi connectivity index (χ0n) is 23.9. The van der Waals surface area contributed by atoms with E-state index in [9.17, 15) is 14.7 Å². The summed E-state index contributed by atoms with van der Waals surface area (Å²) in [4.78, 5) is 28.7. The van der Waals surface area contributed by atoms with Crippen LogP contribution in [0.2, 0.25) is 0 Å². The second kappa shape index (κ2) is 12.3. The molecule has 3 aromatic carbocycles. The third kappa shape index (κ3) is 5.83. The van der Waals surface area contributed by atoms with Gasteiger partial charge in [0.15, 0.2) is 0 Å². The van der Waals surface area contributed by atoms with E-state index in [1.165, 1.54) is 4.90 Å². The Bertz CT molecular complexity index is 1420. The van der Waals surface area contributed by atoms with Gasteiger partial charge in [0.05, 0.1) is 30.9 Å². The van der Waals surface area contributed by atoms with Crippen molar-refractivity contribution in [1.29, 1.82) is 0 Å². The molecule has 1 N–H and O–H groups in total. The molecule has 1 saturated heterocycles. The van der Waals surface area contributed by atoms with E-state index in [2.05, 4.69) is 0 Å². The molecule has 1 atom stereocenters. The predicted molar refractivity (Wildman–Crippen MR) is 156 cm³/mol. The molecule has 1 fully saturated rings. The first-order chi connectivity index (χ1) is 19.2. The zero-order chi connectivity index (χ0) is 29.0. The number of carbonyl (C=O) groups excluding carboxylic acids is 2. The number of rotatable bonds is 10. The molecule has 1 heterocycles. The summed E-state index contributed by atoms with van der Waals surface area (Å²) in [7, 11) is 0. The minimum absolute atomic E-state index is 0.00683. The zero-order valence-corrected chi connectivity index (χ0v) is 23.9. The molecule has 3 aromatic rings. The number of amides is 1. The van der Waals surface area contributed by atoms with Crippen LogP contribution < -0.4 is 19.1 Å². The fraction of sp³-hybridized carbons (Fsp3) is 0.333. The van der Waals surface area contributed by atoms with E-state index in [-0.39, 0.29) is 23.4 Å². The molecule has 1 aliphatic rings. The molecule has 40 heavy (non-hydrogen) atoms. The van der Waals surface area contributed by atoms with Crippen molar-refractivity contribution < 1.29 is 28.9 Å². The van der Waals surface area contributed by atoms with Crippen molar-refractivity contribution >= 4 is 23.1 Å². The van der Waals surface area contributed by atoms with Crippen molar-refractivity contribution in [3.05, 3.63) is 89.0 Å². The van der Waals surface area contributed by atoms with Gasteiger partial charge in [-0.05, 0) is 87.2 Å². The molecule has 4 rings (SSSR count). The molecule has 0 aromatic heterocycles. The lowest BCUT2D eigenvalue weighted by atomic mass is 9.93. The van der Waals surface area contributed by atoms with Gasteiger partial charge in [-0.25, -0.2) is 0 Å². The van der Waals surface area contributed by atoms with Gasteiger partial charge in [0.2, 0.25) is 0 Å². The van der Waals surface area contributed by atoms with Gasteiger partial charge in [0.25, 0.3) is 11.7 Å². The largest absolute Gasteiger partial charge is 0.507 e. The van der Waals surface area contributed by atoms with Crippen LogP contribution in [0.3, 0.4) is 0 Å². The Hall–Kier alpha value is -4.26. The van der Waals surface area contributed by atoms with Gasteiger partial charge in [-0.1, -0.05) is 32.0 Å². The van der Waals surface area contributed by atoms with Gasteiger partial charge in [-0.3, -0.25) is 14.5 Å². The normalized spacial score (nSPS) is 16.6. The van der Waals surface area contributed by atoms with E-state index < -0.39 is 17.7 Å². The van der Waals surface area contributed by atoms with E-state index >= 15 is 0 Å². The molecule has 0 saturated carbocycles. The molecule has 1 unspecified atom stereocenters. The van der Waals surface area contributed by atoms with Crippen molar-refractivity contribution in [1.82, 2.24) is 0 Å². The van der Waals surface area contributed by atoms with Crippen molar-refractivity contribution in [2.24, 2.45) is 0 Å². The molecule has 0 radical (unpaired) electrons. The van der Waals surface area contributed by atoms with Crippen LogP contribution in [-0.2, 0) is 9.59 Å². The van der Waals surface area contributed by atoms with Crippen LogP contribution in [0.15, 0.2) is 72.3 Å². The lowest BCUT2D eigenvalue weighted by Crippen LogP contribution is -2.29. The number of aliphatic hydroxyl groups is 1. The molecular weight excluding hydrogens is 506 g/mol. The quantitative estimate of drug-likeness (QED) is 0.168. The number of anilines is 1. The van der Waals surface area contributed by atoms with E-state index in [0.29, 0.717) is 41.5 Å². The van der Waals surface area contributed by atoms with Crippen LogP contribution in [0.1, 0.15) is 70.2 Å². The maximum Gasteiger partial charge on any atom is 0.300 e. The fourth-order valence-corrected chi connectivity index (χ4v) is 4.92. The van der Waals surface area contributed by atoms with Gasteiger partial charge < -0.3 is 19.3 Å². The molecule has 1 amide bonds. The summed E-state index contributed by atoms with van der Waals surface area (Å²) in [6.07, 6.45) is -0.0669. The Morgan fingerprint density at radius 2 is 1.57 bits per heavy atom. The minimum Gasteiger partial charge on any atom is -0.507 e. The fourth-order valence-electron chi connectivity index (χ4n) is 4.92. The highest BCUT2D eigenvalue weighted by molar-refractivity contribution is 6.51. The average molecular weight is 544 g/mol. The first-order valence-corrected chi connectivity index (χ1v) is 13.7. The number of carbonyl (C=O) groups is 2. The van der Waals surface area contributed by atoms with E-state index in [1.54, 1.807) is 42.5 Å². The summed E-state index contributed by atoms with van der Waals surface area (Å²) in [5, 5.41) is 11.7. The number of hydrogen-bond acceptors (Lipinski definition) is 6. The molecule has 7 nitrogen and oxygen atoms in total. The maximum atomic E-state index is 13.7. The van der Waals surface area contributed by atoms with E-state index in [0.717, 1.165) is 11.3 Å². The van der Waals surface area contributed by atoms with Gasteiger partial charge in [-0.2, -0.15) is 0 Å². The van der Waals surface area contributed by atoms with Crippen molar-refractivity contribution in [2.75, 3.05) is 18.1 Å². The van der Waals surface area contributed by atoms with Gasteiger partial charge in [0.1, 0.15) is 23.0 Å². The average Bonchev–Trinajstić information content (AvgIpc) is 3.19. The summed E-state index contributed by atoms with van der Waals surface area (Å²) < 4.78 is 17.4. The van der Waals surface area contributed by atoms with Crippen molar-refractivity contribution in [3.8, 4) is 17.2 Å². The van der Waals surface area contributed by atoms with Crippen LogP contribution in [0.25, 0.3) is 5.76 Å². The Labute approximate surface area is 236 Å². The highest BCUT2D eigenvalue weighted by atomic mass is 16.5. The number of Topliss-reactive ketones (excluding diaryl/α,β-unsaturated/α-hetero) is 1. The summed E-state index contributed by atoms with van der Waals surface area (Å²) >= 11 is 0. The van der Waals surface area contributed by atoms with Gasteiger partial charge in [0, 0.05) is 17.3 Å². The monoisotopic (exact) mass is 543 g/mol. The third-order valence-electron chi connectivity index (χ3n) is 6.60. The second-order valence-electron chi connectivity index (χ2n) is 10.2. The standard InChI is InChI=1S/C33H37NO6/c1-7-38-25-13-10-12-24(19-25)34-30(22-11-9-14-26(17-22)40-21(5)6)29(32(36)33(34)37)31(35)23-15-16-28(39-8-2)27(18-23)20(3)4/h9-21,30,35H,7-8H2,1-6H3/b31-29+. The van der Waals surface area contributed by atoms with E-state index in [4.69, 9.17) is 14.2 Å². The number of aliphatic hydroxyl groups excluding tert-OH is 1. The molecule has 0 aliphatic carbocycles. The molecule has 0 spiro atoms. The molecular formula is C33H37NO6. The van der Waals surface area contributed by atoms with Crippen LogP contribution in [0, 0.1) is 0 Å². The first-order valence-electron chi connectivity index (χ1n) is 13.7. The van der Waals surface area contributed by atoms with Gasteiger partial charge >= 0.3 is 0 Å². The van der Waals surface area contributed by atoms with E-state index in [1.807, 2.05) is 65.8 Å². The topological polar surface area (TPSA) is 85.3 Å². The first kappa shape index (κ1) is 28.7. The predicted octanol–water partition coefficient (Wildman–Crippen LogP) is 7.02. The van der Waals surface area contributed by atoms with Crippen molar-refractivity contribution in [3.63, 3.8) is 0 Å². The SMILES string of the molecule is CCOc1cccc(N2C(=O)C(=O)/C(=C(/O)c3ccc(OCC)c(C(C)C)c3)C2c2cccc(OC(C)C)c2)c1. The Morgan fingerprint density at radius 3 is 2.25 bits per heavy atom. The smallest absolute Gasteiger partial charge is 0.300 e. The molecule has 0 bridgehead atoms. The van der Waals surface area contributed by atoms with Crippen LogP contribution in [-0.4, -0.2) is 36.1 Å². The number of nitrogens with zero attached hydrogens (tertiary/aromatic N) is 1. The lowest BCUT2D eigenvalue weighted by molar-refractivity contribution is -0.132. The van der Waals surface area contributed by atoms with Gasteiger partial charge in [-0.15, -0.1) is 0 Å². The highest BCUT2D eigenvalue weighted by Crippen LogP contribution is 2.44. The lowest BCUT2D eigenvalue weighted by Gasteiger charge is -2.26. The van der Waals surface area contributed by atoms with Crippen LogP contribution >= 0.6 is 0 Å². The second-order valence-corrected chi connectivity index (χ2v) is 10.2. The van der Waals surface area contributed by atoms with Crippen LogP contribution in [0.4, 0.5) is 5.69 Å². The van der Waals surface area contributed by atoms with Crippen LogP contribution in [0.5, 0.6) is 17.2 Å². The Kier molecular flexibility index (Phi) is 8.83. The molecule has 210 valence electrons. The number of ether oxygens (including phenoxy) is 3. The third-order valence-corrected chi connectivity index (χ3v) is 6.60. The number of hydrogen-bond donors (Lipinski definition) is 1. The Morgan fingerprint density at radius 1 is 0.875 bits per heavy atom.